The van der Waals surface area contributed by atoms with Crippen LogP contribution >= 0.6 is 0 Å². The van der Waals surface area contributed by atoms with E-state index in [2.05, 4.69) is 20.8 Å². The summed E-state index contributed by atoms with van der Waals surface area (Å²) in [6.07, 6.45) is 6.11. The van der Waals surface area contributed by atoms with Gasteiger partial charge in [-0.15, -0.1) is 0 Å². The fourth-order valence-electron chi connectivity index (χ4n) is 9.15. The molecule has 3 N–H and O–H groups in total. The molecule has 1 unspecified atom stereocenters. The van der Waals surface area contributed by atoms with E-state index in [9.17, 15) is 20.1 Å². The van der Waals surface area contributed by atoms with E-state index in [0.29, 0.717) is 29.6 Å². The van der Waals surface area contributed by atoms with Gasteiger partial charge in [-0.3, -0.25) is 4.79 Å². The first-order chi connectivity index (χ1) is 14.5. The maximum atomic E-state index is 12.0. The van der Waals surface area contributed by atoms with Crippen molar-refractivity contribution in [2.45, 2.75) is 97.4 Å². The highest BCUT2D eigenvalue weighted by molar-refractivity contribution is 5.71. The van der Waals surface area contributed by atoms with Gasteiger partial charge in [-0.2, -0.15) is 0 Å². The first kappa shape index (κ1) is 23.5. The lowest BCUT2D eigenvalue weighted by Crippen LogP contribution is -2.62. The van der Waals surface area contributed by atoms with Gasteiger partial charge in [0.05, 0.1) is 31.3 Å². The Labute approximate surface area is 187 Å². The van der Waals surface area contributed by atoms with Crippen molar-refractivity contribution in [3.05, 3.63) is 0 Å². The number of rotatable bonds is 4. The minimum Gasteiger partial charge on any atom is -0.469 e. The molecule has 4 aliphatic rings. The molecular weight excluding hydrogens is 392 g/mol. The summed E-state index contributed by atoms with van der Waals surface area (Å²) < 4.78 is 4.94. The van der Waals surface area contributed by atoms with Gasteiger partial charge in [-0.25, -0.2) is 0 Å². The molecule has 0 saturated heterocycles. The monoisotopic (exact) mass is 436 g/mol. The highest BCUT2D eigenvalue weighted by atomic mass is 16.5. The highest BCUT2D eigenvalue weighted by Gasteiger charge is 2.65. The van der Waals surface area contributed by atoms with Crippen molar-refractivity contribution in [2.24, 2.45) is 52.3 Å². The number of aliphatic hydroxyl groups excluding tert-OH is 3. The predicted molar refractivity (Wildman–Crippen MR) is 119 cm³/mol. The molecule has 0 amide bonds. The van der Waals surface area contributed by atoms with Crippen molar-refractivity contribution in [2.75, 3.05) is 7.11 Å². The molecule has 0 spiro atoms. The van der Waals surface area contributed by atoms with Gasteiger partial charge in [0.2, 0.25) is 0 Å². The fraction of sp³-hybridized carbons (Fsp3) is 0.962. The smallest absolute Gasteiger partial charge is 0.308 e. The van der Waals surface area contributed by atoms with Crippen molar-refractivity contribution in [1.29, 1.82) is 0 Å². The zero-order valence-corrected chi connectivity index (χ0v) is 20.1. The van der Waals surface area contributed by atoms with Crippen LogP contribution in [0.1, 0.15) is 79.1 Å². The Morgan fingerprint density at radius 1 is 1.03 bits per heavy atom. The largest absolute Gasteiger partial charge is 0.469 e. The van der Waals surface area contributed by atoms with Gasteiger partial charge in [0, 0.05) is 0 Å². The van der Waals surface area contributed by atoms with Crippen LogP contribution in [0, 0.1) is 52.3 Å². The molecule has 31 heavy (non-hydrogen) atoms. The van der Waals surface area contributed by atoms with E-state index >= 15 is 0 Å². The normalized spacial score (nSPS) is 51.2. The van der Waals surface area contributed by atoms with Crippen LogP contribution < -0.4 is 0 Å². The van der Waals surface area contributed by atoms with E-state index < -0.39 is 0 Å². The maximum absolute atomic E-state index is 12.0. The highest BCUT2D eigenvalue weighted by Crippen LogP contribution is 2.68. The van der Waals surface area contributed by atoms with Crippen molar-refractivity contribution < 1.29 is 24.9 Å². The van der Waals surface area contributed by atoms with Crippen molar-refractivity contribution in [3.8, 4) is 0 Å². The van der Waals surface area contributed by atoms with Gasteiger partial charge in [0.15, 0.2) is 0 Å². The van der Waals surface area contributed by atoms with Gasteiger partial charge >= 0.3 is 5.97 Å². The van der Waals surface area contributed by atoms with Gasteiger partial charge in [0.1, 0.15) is 0 Å². The topological polar surface area (TPSA) is 87.0 Å². The summed E-state index contributed by atoms with van der Waals surface area (Å²) in [6, 6.07) is 0. The Morgan fingerprint density at radius 2 is 1.74 bits per heavy atom. The van der Waals surface area contributed by atoms with Crippen LogP contribution in [0.2, 0.25) is 0 Å². The second-order valence-electron chi connectivity index (χ2n) is 12.2. The lowest BCUT2D eigenvalue weighted by molar-refractivity contribution is -0.207. The first-order valence-corrected chi connectivity index (χ1v) is 12.7. The number of carbonyl (C=O) groups is 1. The Bertz CT molecular complexity index is 681. The average Bonchev–Trinajstić information content (AvgIpc) is 3.08. The molecule has 0 radical (unpaired) electrons. The quantitative estimate of drug-likeness (QED) is 0.584. The molecule has 178 valence electrons. The van der Waals surface area contributed by atoms with Gasteiger partial charge in [-0.1, -0.05) is 27.7 Å². The van der Waals surface area contributed by atoms with E-state index in [1.165, 1.54) is 7.11 Å². The van der Waals surface area contributed by atoms with Gasteiger partial charge in [0.25, 0.3) is 0 Å². The molecule has 12 atom stereocenters. The summed E-state index contributed by atoms with van der Waals surface area (Å²) in [6.45, 7) is 8.80. The van der Waals surface area contributed by atoms with E-state index in [0.717, 1.165) is 51.4 Å². The molecule has 0 heterocycles. The number of ether oxygens (including phenoxy) is 1. The molecule has 0 aromatic heterocycles. The summed E-state index contributed by atoms with van der Waals surface area (Å²) in [5.74, 6) is 1.62. The second kappa shape index (κ2) is 8.29. The van der Waals surface area contributed by atoms with Crippen molar-refractivity contribution in [3.63, 3.8) is 0 Å². The van der Waals surface area contributed by atoms with Crippen LogP contribution in [-0.2, 0) is 9.53 Å². The summed E-state index contributed by atoms with van der Waals surface area (Å²) in [5, 5.41) is 33.2. The third-order valence-corrected chi connectivity index (χ3v) is 10.8. The third kappa shape index (κ3) is 3.58. The zero-order valence-electron chi connectivity index (χ0n) is 20.1. The molecule has 4 fully saturated rings. The van der Waals surface area contributed by atoms with Crippen LogP contribution in [-0.4, -0.2) is 46.7 Å². The molecule has 4 rings (SSSR count). The van der Waals surface area contributed by atoms with Gasteiger partial charge < -0.3 is 20.1 Å². The molecule has 0 aromatic carbocycles. The van der Waals surface area contributed by atoms with Crippen LogP contribution in [0.25, 0.3) is 0 Å². The Balaban J connectivity index is 1.59. The van der Waals surface area contributed by atoms with E-state index in [-0.39, 0.29) is 46.9 Å². The van der Waals surface area contributed by atoms with Gasteiger partial charge in [-0.05, 0) is 97.7 Å². The molecular formula is C26H44O5. The van der Waals surface area contributed by atoms with E-state index in [1.807, 2.05) is 6.92 Å². The molecule has 4 saturated carbocycles. The van der Waals surface area contributed by atoms with E-state index in [4.69, 9.17) is 4.74 Å². The van der Waals surface area contributed by atoms with E-state index in [1.54, 1.807) is 0 Å². The molecule has 0 aliphatic heterocycles. The summed E-state index contributed by atoms with van der Waals surface area (Å²) in [4.78, 5) is 12.0. The molecule has 5 nitrogen and oxygen atoms in total. The SMILES string of the molecule is COC(=O)C(C)C[C@@H](C)[C@H]1CC[C@H]2[C@@H]3[C@H](O)C[C@@H]4C[C@H](O)CC[C@]4(C)[C@H]3C[C@H](O)[C@]12C. The van der Waals surface area contributed by atoms with Crippen LogP contribution in [0.3, 0.4) is 0 Å². The number of methoxy groups -OCH3 is 1. The lowest BCUT2D eigenvalue weighted by Gasteiger charge is -2.63. The Morgan fingerprint density at radius 3 is 2.42 bits per heavy atom. The number of hydrogen-bond acceptors (Lipinski definition) is 5. The summed E-state index contributed by atoms with van der Waals surface area (Å²) in [5.41, 5.74) is -0.108. The first-order valence-electron chi connectivity index (χ1n) is 12.7. The zero-order chi connectivity index (χ0) is 22.7. The summed E-state index contributed by atoms with van der Waals surface area (Å²) in [7, 11) is 1.45. The number of fused-ring (bicyclic) bond motifs is 5. The minimum absolute atomic E-state index is 0.106. The average molecular weight is 437 g/mol. The fourth-order valence-corrected chi connectivity index (χ4v) is 9.15. The number of hydrogen-bond donors (Lipinski definition) is 3. The number of esters is 1. The van der Waals surface area contributed by atoms with Crippen LogP contribution in [0.15, 0.2) is 0 Å². The molecule has 0 bridgehead atoms. The second-order valence-corrected chi connectivity index (χ2v) is 12.2. The van der Waals surface area contributed by atoms with Crippen molar-refractivity contribution >= 4 is 5.97 Å². The molecule has 0 aromatic rings. The molecule has 4 aliphatic carbocycles. The maximum Gasteiger partial charge on any atom is 0.308 e. The lowest BCUT2D eigenvalue weighted by atomic mass is 9.43. The Hall–Kier alpha value is -0.650. The predicted octanol–water partition coefficient (Wildman–Crippen LogP) is 3.78. The van der Waals surface area contributed by atoms with Crippen molar-refractivity contribution in [1.82, 2.24) is 0 Å². The number of aliphatic hydroxyl groups is 3. The minimum atomic E-state index is -0.378. The third-order valence-electron chi connectivity index (χ3n) is 10.8. The van der Waals surface area contributed by atoms with Crippen LogP contribution in [0.5, 0.6) is 0 Å². The molecule has 5 heteroatoms. The Kier molecular flexibility index (Phi) is 6.28. The standard InChI is InChI=1S/C26H44O5/c1-14(10-15(2)24(30)31-5)18-6-7-19-23-20(13-22(29)26(18,19)4)25(3)9-8-17(27)11-16(25)12-21(23)28/h14-23,27-29H,6-13H2,1-5H3/t14-,15?,16+,17-,18-,19+,20+,21-,22+,23+,25+,26-/m1/s1. The number of carbonyl (C=O) groups excluding carboxylic acids is 1. The summed E-state index contributed by atoms with van der Waals surface area (Å²) >= 11 is 0. The van der Waals surface area contributed by atoms with Crippen LogP contribution in [0.4, 0.5) is 0 Å².